The third kappa shape index (κ3) is 3.59. The second-order valence-corrected chi connectivity index (χ2v) is 7.79. The summed E-state index contributed by atoms with van der Waals surface area (Å²) >= 11 is 0. The standard InChI is InChI=1S/C21H29N3O/c1-15(21(25)22-18-7-3-4-8-18)24-12-10-16(11-13-24)20-14-17-6-2-5-9-19(17)23-20/h2,5-6,9,14-16,18,23H,3-4,7-8,10-13H2,1H3,(H,22,25). The number of nitrogens with one attached hydrogen (secondary N) is 2. The number of hydrogen-bond acceptors (Lipinski definition) is 2. The topological polar surface area (TPSA) is 48.1 Å². The highest BCUT2D eigenvalue weighted by Gasteiger charge is 2.29. The minimum Gasteiger partial charge on any atom is -0.358 e. The molecule has 2 aromatic rings. The number of nitrogens with zero attached hydrogens (tertiary/aromatic N) is 1. The fourth-order valence-electron chi connectivity index (χ4n) is 4.47. The van der Waals surface area contributed by atoms with E-state index in [0.29, 0.717) is 12.0 Å². The van der Waals surface area contributed by atoms with E-state index in [2.05, 4.69) is 52.5 Å². The van der Waals surface area contributed by atoms with Crippen molar-refractivity contribution in [3.8, 4) is 0 Å². The molecule has 2 fully saturated rings. The number of aromatic nitrogens is 1. The van der Waals surface area contributed by atoms with Crippen molar-refractivity contribution in [3.05, 3.63) is 36.0 Å². The summed E-state index contributed by atoms with van der Waals surface area (Å²) in [5, 5.41) is 4.55. The number of rotatable bonds is 4. The molecule has 4 rings (SSSR count). The molecule has 0 radical (unpaired) electrons. The zero-order valence-corrected chi connectivity index (χ0v) is 15.1. The van der Waals surface area contributed by atoms with Crippen LogP contribution in [0.4, 0.5) is 0 Å². The SMILES string of the molecule is CC(C(=O)NC1CCCC1)N1CCC(c2cc3ccccc3[nH]2)CC1. The van der Waals surface area contributed by atoms with Crippen LogP contribution in [0.25, 0.3) is 10.9 Å². The molecule has 2 N–H and O–H groups in total. The average Bonchev–Trinajstić information content (AvgIpc) is 3.30. The summed E-state index contributed by atoms with van der Waals surface area (Å²) in [7, 11) is 0. The van der Waals surface area contributed by atoms with Gasteiger partial charge < -0.3 is 10.3 Å². The Balaban J connectivity index is 1.33. The maximum atomic E-state index is 12.5. The second-order valence-electron chi connectivity index (χ2n) is 7.79. The highest BCUT2D eigenvalue weighted by molar-refractivity contribution is 5.82. The molecule has 0 bridgehead atoms. The highest BCUT2D eigenvalue weighted by atomic mass is 16.2. The van der Waals surface area contributed by atoms with Gasteiger partial charge in [-0.25, -0.2) is 0 Å². The van der Waals surface area contributed by atoms with Gasteiger partial charge >= 0.3 is 0 Å². The zero-order valence-electron chi connectivity index (χ0n) is 15.1. The molecule has 4 nitrogen and oxygen atoms in total. The van der Waals surface area contributed by atoms with Gasteiger partial charge in [-0.05, 0) is 63.2 Å². The number of fused-ring (bicyclic) bond motifs is 1. The van der Waals surface area contributed by atoms with Crippen molar-refractivity contribution in [2.24, 2.45) is 0 Å². The molecule has 0 spiro atoms. The van der Waals surface area contributed by atoms with Gasteiger partial charge in [-0.3, -0.25) is 9.69 Å². The monoisotopic (exact) mass is 339 g/mol. The van der Waals surface area contributed by atoms with Gasteiger partial charge in [-0.15, -0.1) is 0 Å². The zero-order chi connectivity index (χ0) is 17.2. The van der Waals surface area contributed by atoms with Crippen molar-refractivity contribution < 1.29 is 4.79 Å². The molecule has 1 saturated heterocycles. The van der Waals surface area contributed by atoms with Crippen molar-refractivity contribution >= 4 is 16.8 Å². The van der Waals surface area contributed by atoms with Gasteiger partial charge in [0.2, 0.25) is 5.91 Å². The van der Waals surface area contributed by atoms with Crippen molar-refractivity contribution in [1.29, 1.82) is 0 Å². The Morgan fingerprint density at radius 3 is 2.60 bits per heavy atom. The molecule has 134 valence electrons. The minimum absolute atomic E-state index is 0.00994. The Labute approximate surface area is 150 Å². The van der Waals surface area contributed by atoms with Gasteiger partial charge in [-0.2, -0.15) is 0 Å². The fourth-order valence-corrected chi connectivity index (χ4v) is 4.47. The van der Waals surface area contributed by atoms with Gasteiger partial charge in [0, 0.05) is 23.2 Å². The van der Waals surface area contributed by atoms with E-state index in [1.807, 2.05) is 0 Å². The number of likely N-dealkylation sites (tertiary alicyclic amines) is 1. The molecular weight excluding hydrogens is 310 g/mol. The number of carbonyl (C=O) groups is 1. The summed E-state index contributed by atoms with van der Waals surface area (Å²) < 4.78 is 0. The van der Waals surface area contributed by atoms with Crippen molar-refractivity contribution in [3.63, 3.8) is 0 Å². The van der Waals surface area contributed by atoms with Crippen molar-refractivity contribution in [1.82, 2.24) is 15.2 Å². The van der Waals surface area contributed by atoms with Crippen LogP contribution in [0.5, 0.6) is 0 Å². The molecule has 1 amide bonds. The summed E-state index contributed by atoms with van der Waals surface area (Å²) in [5.41, 5.74) is 2.58. The van der Waals surface area contributed by atoms with Crippen molar-refractivity contribution in [2.45, 2.75) is 63.5 Å². The molecule has 2 aliphatic rings. The van der Waals surface area contributed by atoms with Crippen LogP contribution < -0.4 is 5.32 Å². The molecule has 4 heteroatoms. The largest absolute Gasteiger partial charge is 0.358 e. The van der Waals surface area contributed by atoms with Crippen LogP contribution in [-0.2, 0) is 4.79 Å². The lowest BCUT2D eigenvalue weighted by Gasteiger charge is -2.35. The maximum Gasteiger partial charge on any atom is 0.237 e. The van der Waals surface area contributed by atoms with E-state index < -0.39 is 0 Å². The Morgan fingerprint density at radius 1 is 1.16 bits per heavy atom. The number of hydrogen-bond donors (Lipinski definition) is 2. The number of benzene rings is 1. The molecule has 1 saturated carbocycles. The third-order valence-electron chi connectivity index (χ3n) is 6.15. The Kier molecular flexibility index (Phi) is 4.80. The summed E-state index contributed by atoms with van der Waals surface area (Å²) in [4.78, 5) is 18.4. The first-order valence-electron chi connectivity index (χ1n) is 9.83. The molecule has 25 heavy (non-hydrogen) atoms. The first-order valence-corrected chi connectivity index (χ1v) is 9.83. The van der Waals surface area contributed by atoms with Crippen LogP contribution in [0.2, 0.25) is 0 Å². The minimum atomic E-state index is -0.00994. The smallest absolute Gasteiger partial charge is 0.237 e. The lowest BCUT2D eigenvalue weighted by Crippen LogP contribution is -2.50. The van der Waals surface area contributed by atoms with Crippen molar-refractivity contribution in [2.75, 3.05) is 13.1 Å². The molecule has 1 aromatic heterocycles. The maximum absolute atomic E-state index is 12.5. The molecule has 1 unspecified atom stereocenters. The molecule has 1 aliphatic carbocycles. The number of H-pyrrole nitrogens is 1. The van der Waals surface area contributed by atoms with Crippen LogP contribution in [0.15, 0.2) is 30.3 Å². The molecule has 1 aliphatic heterocycles. The number of amides is 1. The lowest BCUT2D eigenvalue weighted by atomic mass is 9.92. The first kappa shape index (κ1) is 16.6. The lowest BCUT2D eigenvalue weighted by molar-refractivity contribution is -0.127. The van der Waals surface area contributed by atoms with E-state index in [1.54, 1.807) is 0 Å². The van der Waals surface area contributed by atoms with Crippen LogP contribution in [0, 0.1) is 0 Å². The van der Waals surface area contributed by atoms with Crippen LogP contribution in [-0.4, -0.2) is 41.0 Å². The molecule has 2 heterocycles. The Bertz CT molecular complexity index is 691. The third-order valence-corrected chi connectivity index (χ3v) is 6.15. The Hall–Kier alpha value is -1.81. The summed E-state index contributed by atoms with van der Waals surface area (Å²) in [6.07, 6.45) is 7.06. The van der Waals surface area contributed by atoms with E-state index in [9.17, 15) is 4.79 Å². The van der Waals surface area contributed by atoms with Gasteiger partial charge in [0.05, 0.1) is 6.04 Å². The van der Waals surface area contributed by atoms with E-state index in [0.717, 1.165) is 38.8 Å². The predicted octanol–water partition coefficient (Wildman–Crippen LogP) is 3.79. The number of piperidine rings is 1. The van der Waals surface area contributed by atoms with E-state index in [4.69, 9.17) is 0 Å². The summed E-state index contributed by atoms with van der Waals surface area (Å²) in [6, 6.07) is 11.2. The Morgan fingerprint density at radius 2 is 1.88 bits per heavy atom. The van der Waals surface area contributed by atoms with Gasteiger partial charge in [-0.1, -0.05) is 31.0 Å². The number of para-hydroxylation sites is 1. The first-order chi connectivity index (χ1) is 12.2. The van der Waals surface area contributed by atoms with Crippen LogP contribution in [0.1, 0.15) is 57.1 Å². The molecule has 1 aromatic carbocycles. The number of aromatic amines is 1. The predicted molar refractivity (Wildman–Crippen MR) is 102 cm³/mol. The van der Waals surface area contributed by atoms with E-state index >= 15 is 0 Å². The average molecular weight is 339 g/mol. The highest BCUT2D eigenvalue weighted by Crippen LogP contribution is 2.30. The van der Waals surface area contributed by atoms with Gasteiger partial charge in [0.25, 0.3) is 0 Å². The summed E-state index contributed by atoms with van der Waals surface area (Å²) in [5.74, 6) is 0.796. The van der Waals surface area contributed by atoms with Gasteiger partial charge in [0.1, 0.15) is 0 Å². The molecular formula is C21H29N3O. The second kappa shape index (κ2) is 7.20. The fraction of sp³-hybridized carbons (Fsp3) is 0.571. The molecule has 1 atom stereocenters. The summed E-state index contributed by atoms with van der Waals surface area (Å²) in [6.45, 7) is 4.06. The van der Waals surface area contributed by atoms with E-state index in [-0.39, 0.29) is 11.9 Å². The quantitative estimate of drug-likeness (QED) is 0.890. The van der Waals surface area contributed by atoms with Crippen LogP contribution >= 0.6 is 0 Å². The normalized spacial score (nSPS) is 21.6. The van der Waals surface area contributed by atoms with E-state index in [1.165, 1.54) is 29.4 Å². The van der Waals surface area contributed by atoms with Gasteiger partial charge in [0.15, 0.2) is 0 Å². The van der Waals surface area contributed by atoms with Crippen LogP contribution in [0.3, 0.4) is 0 Å². The number of carbonyl (C=O) groups excluding carboxylic acids is 1.